The third kappa shape index (κ3) is 4.36. The fourth-order valence-electron chi connectivity index (χ4n) is 4.15. The van der Waals surface area contributed by atoms with Crippen LogP contribution in [0.15, 0.2) is 53.4 Å². The van der Waals surface area contributed by atoms with Crippen LogP contribution < -0.4 is 10.1 Å². The molecule has 0 bridgehead atoms. The van der Waals surface area contributed by atoms with Gasteiger partial charge >= 0.3 is 0 Å². The number of thioether (sulfide) groups is 1. The molecule has 0 aliphatic carbocycles. The van der Waals surface area contributed by atoms with Crippen molar-refractivity contribution in [1.82, 2.24) is 10.2 Å². The molecule has 2 aliphatic rings. The van der Waals surface area contributed by atoms with Crippen molar-refractivity contribution in [3.05, 3.63) is 59.7 Å². The number of carbonyl (C=O) groups is 1. The number of fused-ring (bicyclic) bond motifs is 1. The van der Waals surface area contributed by atoms with Crippen molar-refractivity contribution in [3.63, 3.8) is 0 Å². The highest BCUT2D eigenvalue weighted by atomic mass is 32.2. The zero-order valence-corrected chi connectivity index (χ0v) is 17.2. The summed E-state index contributed by atoms with van der Waals surface area (Å²) in [5.41, 5.74) is 2.53. The second-order valence-corrected chi connectivity index (χ2v) is 8.79. The molecule has 2 aromatic rings. The van der Waals surface area contributed by atoms with E-state index in [-0.39, 0.29) is 17.2 Å². The van der Waals surface area contributed by atoms with Crippen LogP contribution in [-0.4, -0.2) is 42.8 Å². The van der Waals surface area contributed by atoms with E-state index in [0.717, 1.165) is 25.3 Å². The van der Waals surface area contributed by atoms with Gasteiger partial charge < -0.3 is 10.1 Å². The van der Waals surface area contributed by atoms with Crippen LogP contribution in [0.3, 0.4) is 0 Å². The van der Waals surface area contributed by atoms with E-state index in [0.29, 0.717) is 6.54 Å². The number of hydrogen-bond acceptors (Lipinski definition) is 4. The number of rotatable bonds is 6. The second kappa shape index (κ2) is 9.01. The molecule has 1 fully saturated rings. The van der Waals surface area contributed by atoms with Crippen molar-refractivity contribution in [2.45, 2.75) is 41.9 Å². The molecule has 1 N–H and O–H groups in total. The molecular formula is C23H28N2O2S. The summed E-state index contributed by atoms with van der Waals surface area (Å²) in [5, 5.41) is 3.23. The first-order chi connectivity index (χ1) is 13.7. The number of methoxy groups -OCH3 is 1. The van der Waals surface area contributed by atoms with Crippen LogP contribution in [-0.2, 0) is 11.2 Å². The monoisotopic (exact) mass is 396 g/mol. The van der Waals surface area contributed by atoms with Crippen molar-refractivity contribution in [2.24, 2.45) is 0 Å². The summed E-state index contributed by atoms with van der Waals surface area (Å²) in [7, 11) is 1.69. The van der Waals surface area contributed by atoms with Crippen molar-refractivity contribution >= 4 is 17.7 Å². The smallest absolute Gasteiger partial charge is 0.233 e. The number of piperidine rings is 1. The van der Waals surface area contributed by atoms with Gasteiger partial charge in [0.25, 0.3) is 0 Å². The molecule has 1 saturated heterocycles. The lowest BCUT2D eigenvalue weighted by Gasteiger charge is -2.35. The Bertz CT molecular complexity index is 778. The number of hydrogen-bond donors (Lipinski definition) is 1. The molecule has 0 radical (unpaired) electrons. The minimum Gasteiger partial charge on any atom is -0.497 e. The van der Waals surface area contributed by atoms with E-state index in [1.54, 1.807) is 18.9 Å². The first-order valence-electron chi connectivity index (χ1n) is 10.1. The van der Waals surface area contributed by atoms with Crippen molar-refractivity contribution in [1.29, 1.82) is 0 Å². The molecule has 4 rings (SSSR count). The maximum atomic E-state index is 12.9. The summed E-state index contributed by atoms with van der Waals surface area (Å²) in [5.74, 6) is 1.02. The molecular weight excluding hydrogens is 368 g/mol. The maximum Gasteiger partial charge on any atom is 0.233 e. The molecule has 1 amide bonds. The normalized spacial score (nSPS) is 20.4. The third-order valence-corrected chi connectivity index (χ3v) is 7.06. The van der Waals surface area contributed by atoms with Gasteiger partial charge in [-0.25, -0.2) is 0 Å². The molecule has 28 heavy (non-hydrogen) atoms. The summed E-state index contributed by atoms with van der Waals surface area (Å²) in [4.78, 5) is 16.6. The highest BCUT2D eigenvalue weighted by molar-refractivity contribution is 8.01. The van der Waals surface area contributed by atoms with E-state index in [4.69, 9.17) is 4.74 Å². The summed E-state index contributed by atoms with van der Waals surface area (Å²) >= 11 is 1.69. The van der Waals surface area contributed by atoms with Crippen molar-refractivity contribution in [3.8, 4) is 5.75 Å². The lowest BCUT2D eigenvalue weighted by atomic mass is 10.0. The van der Waals surface area contributed by atoms with E-state index in [2.05, 4.69) is 40.5 Å². The van der Waals surface area contributed by atoms with Gasteiger partial charge in [-0.05, 0) is 61.7 Å². The Morgan fingerprint density at radius 2 is 1.89 bits per heavy atom. The average molecular weight is 397 g/mol. The number of nitrogens with one attached hydrogen (secondary N) is 1. The third-order valence-electron chi connectivity index (χ3n) is 5.74. The van der Waals surface area contributed by atoms with Crippen molar-refractivity contribution in [2.75, 3.05) is 26.7 Å². The van der Waals surface area contributed by atoms with Gasteiger partial charge in [0.05, 0.1) is 18.4 Å². The molecule has 0 saturated carbocycles. The summed E-state index contributed by atoms with van der Waals surface area (Å²) in [6.45, 7) is 2.84. The second-order valence-electron chi connectivity index (χ2n) is 7.55. The summed E-state index contributed by atoms with van der Waals surface area (Å²) in [6.07, 6.45) is 4.58. The highest BCUT2D eigenvalue weighted by Crippen LogP contribution is 2.37. The van der Waals surface area contributed by atoms with E-state index in [9.17, 15) is 4.79 Å². The van der Waals surface area contributed by atoms with Crippen LogP contribution in [0.25, 0.3) is 0 Å². The minimum absolute atomic E-state index is 0.0183. The largest absolute Gasteiger partial charge is 0.497 e. The first-order valence-corrected chi connectivity index (χ1v) is 11.0. The van der Waals surface area contributed by atoms with Crippen LogP contribution in [0.2, 0.25) is 0 Å². The number of nitrogens with zero attached hydrogens (tertiary/aromatic N) is 1. The molecule has 148 valence electrons. The van der Waals surface area contributed by atoms with Gasteiger partial charge in [-0.1, -0.05) is 36.8 Å². The lowest BCUT2D eigenvalue weighted by molar-refractivity contribution is -0.120. The molecule has 2 aromatic carbocycles. The topological polar surface area (TPSA) is 41.6 Å². The van der Waals surface area contributed by atoms with Gasteiger partial charge in [-0.3, -0.25) is 9.69 Å². The van der Waals surface area contributed by atoms with Gasteiger partial charge in [0, 0.05) is 11.4 Å². The highest BCUT2D eigenvalue weighted by Gasteiger charge is 2.29. The SMILES string of the molecule is COc1ccc(C(CNC(=O)C2Cc3ccccc3S2)N2CCCCC2)cc1. The first kappa shape index (κ1) is 19.3. The van der Waals surface area contributed by atoms with Crippen LogP contribution in [0.5, 0.6) is 5.75 Å². The Balaban J connectivity index is 1.42. The molecule has 4 nitrogen and oxygen atoms in total. The van der Waals surface area contributed by atoms with Gasteiger partial charge in [0.15, 0.2) is 0 Å². The minimum atomic E-state index is -0.0183. The van der Waals surface area contributed by atoms with Gasteiger partial charge in [-0.2, -0.15) is 0 Å². The standard InChI is InChI=1S/C23H28N2O2S/c1-27-19-11-9-17(10-12-19)20(25-13-5-2-6-14-25)16-24-23(26)22-15-18-7-3-4-8-21(18)28-22/h3-4,7-12,20,22H,2,5-6,13-16H2,1H3,(H,24,26). The molecule has 2 unspecified atom stereocenters. The Kier molecular flexibility index (Phi) is 6.23. The molecule has 5 heteroatoms. The Morgan fingerprint density at radius 3 is 2.61 bits per heavy atom. The quantitative estimate of drug-likeness (QED) is 0.800. The fourth-order valence-corrected chi connectivity index (χ4v) is 5.37. The number of carbonyl (C=O) groups excluding carboxylic acids is 1. The number of likely N-dealkylation sites (tertiary alicyclic amines) is 1. The summed E-state index contributed by atoms with van der Waals surface area (Å²) < 4.78 is 5.30. The van der Waals surface area contributed by atoms with E-state index in [1.165, 1.54) is 35.3 Å². The molecule has 2 atom stereocenters. The Morgan fingerprint density at radius 1 is 1.14 bits per heavy atom. The zero-order chi connectivity index (χ0) is 19.3. The van der Waals surface area contributed by atoms with Crippen LogP contribution in [0.4, 0.5) is 0 Å². The van der Waals surface area contributed by atoms with Crippen LogP contribution in [0.1, 0.15) is 36.4 Å². The molecule has 0 aromatic heterocycles. The Labute approximate surface area is 171 Å². The van der Waals surface area contributed by atoms with Crippen LogP contribution in [0, 0.1) is 0 Å². The zero-order valence-electron chi connectivity index (χ0n) is 16.4. The molecule has 0 spiro atoms. The Hall–Kier alpha value is -1.98. The van der Waals surface area contributed by atoms with Crippen molar-refractivity contribution < 1.29 is 9.53 Å². The number of amides is 1. The molecule has 2 aliphatic heterocycles. The van der Waals surface area contributed by atoms with Gasteiger partial charge in [0.1, 0.15) is 5.75 Å². The lowest BCUT2D eigenvalue weighted by Crippen LogP contribution is -2.42. The fraction of sp³-hybridized carbons (Fsp3) is 0.435. The van der Waals surface area contributed by atoms with E-state index in [1.807, 2.05) is 18.2 Å². The maximum absolute atomic E-state index is 12.9. The van der Waals surface area contributed by atoms with E-state index >= 15 is 0 Å². The van der Waals surface area contributed by atoms with Gasteiger partial charge in [-0.15, -0.1) is 11.8 Å². The number of ether oxygens (including phenoxy) is 1. The number of benzene rings is 2. The van der Waals surface area contributed by atoms with E-state index < -0.39 is 0 Å². The predicted molar refractivity (Wildman–Crippen MR) is 114 cm³/mol. The molecule has 2 heterocycles. The van der Waals surface area contributed by atoms with Gasteiger partial charge in [0.2, 0.25) is 5.91 Å². The van der Waals surface area contributed by atoms with Crippen LogP contribution >= 0.6 is 11.8 Å². The predicted octanol–water partition coefficient (Wildman–Crippen LogP) is 4.06. The summed E-state index contributed by atoms with van der Waals surface area (Å²) in [6, 6.07) is 16.8. The average Bonchev–Trinajstić information content (AvgIpc) is 3.19.